The molecular weight excluding hydrogens is 158 g/mol. The van der Waals surface area contributed by atoms with Crippen LogP contribution in [0.2, 0.25) is 0 Å². The third-order valence-electron chi connectivity index (χ3n) is 2.37. The number of fused-ring (bicyclic) bond motifs is 2. The molecule has 2 aliphatic heterocycles. The van der Waals surface area contributed by atoms with Crippen molar-refractivity contribution in [3.05, 3.63) is 12.2 Å². The van der Waals surface area contributed by atoms with Gasteiger partial charge in [0.15, 0.2) is 5.78 Å². The molecule has 2 atom stereocenters. The third-order valence-corrected chi connectivity index (χ3v) is 2.37. The van der Waals surface area contributed by atoms with E-state index in [2.05, 4.69) is 0 Å². The molecule has 3 aliphatic rings. The summed E-state index contributed by atoms with van der Waals surface area (Å²) in [5, 5.41) is 8.72. The molecule has 1 aliphatic carbocycles. The Labute approximate surface area is 69.5 Å². The molecule has 0 aromatic rings. The lowest BCUT2D eigenvalue weighted by Crippen LogP contribution is -2.52. The molecule has 2 heterocycles. The standard InChI is InChI=1S/C8H9NO3/c10-7-3-5-1-2-6(7)9(4-5)8(11)12/h1-2,5-6H,3-4H2,(H,11,12). The van der Waals surface area contributed by atoms with Crippen molar-refractivity contribution in [1.29, 1.82) is 0 Å². The van der Waals surface area contributed by atoms with Crippen molar-refractivity contribution < 1.29 is 14.7 Å². The van der Waals surface area contributed by atoms with Gasteiger partial charge in [0.05, 0.1) is 0 Å². The summed E-state index contributed by atoms with van der Waals surface area (Å²) in [5.41, 5.74) is 0. The molecule has 0 spiro atoms. The molecule has 0 saturated carbocycles. The Morgan fingerprint density at radius 2 is 2.33 bits per heavy atom. The molecule has 1 amide bonds. The Morgan fingerprint density at radius 3 is 2.75 bits per heavy atom. The van der Waals surface area contributed by atoms with Crippen LogP contribution in [0.15, 0.2) is 12.2 Å². The van der Waals surface area contributed by atoms with E-state index < -0.39 is 12.1 Å². The maximum atomic E-state index is 11.2. The van der Waals surface area contributed by atoms with Gasteiger partial charge in [-0.2, -0.15) is 0 Å². The molecule has 0 radical (unpaired) electrons. The number of rotatable bonds is 0. The SMILES string of the molecule is O=C1CC2C=CC1N(C(=O)O)C2. The Balaban J connectivity index is 2.28. The Morgan fingerprint density at radius 1 is 1.58 bits per heavy atom. The van der Waals surface area contributed by atoms with Gasteiger partial charge in [0.1, 0.15) is 6.04 Å². The Bertz CT molecular complexity index is 271. The molecule has 3 rings (SSSR count). The van der Waals surface area contributed by atoms with E-state index in [9.17, 15) is 9.59 Å². The highest BCUT2D eigenvalue weighted by molar-refractivity contribution is 5.91. The molecule has 1 fully saturated rings. The average molecular weight is 167 g/mol. The van der Waals surface area contributed by atoms with Gasteiger partial charge >= 0.3 is 6.09 Å². The molecular formula is C8H9NO3. The van der Waals surface area contributed by atoms with E-state index in [1.807, 2.05) is 6.08 Å². The topological polar surface area (TPSA) is 57.6 Å². The zero-order chi connectivity index (χ0) is 8.72. The number of carbonyl (C=O) groups is 2. The van der Waals surface area contributed by atoms with Crippen LogP contribution in [-0.4, -0.2) is 34.5 Å². The van der Waals surface area contributed by atoms with Crippen molar-refractivity contribution in [3.63, 3.8) is 0 Å². The molecule has 4 heteroatoms. The van der Waals surface area contributed by atoms with Crippen LogP contribution < -0.4 is 0 Å². The van der Waals surface area contributed by atoms with Gasteiger partial charge < -0.3 is 5.11 Å². The van der Waals surface area contributed by atoms with Gasteiger partial charge in [0.2, 0.25) is 0 Å². The minimum Gasteiger partial charge on any atom is -0.465 e. The van der Waals surface area contributed by atoms with E-state index >= 15 is 0 Å². The van der Waals surface area contributed by atoms with Gasteiger partial charge in [-0.15, -0.1) is 0 Å². The highest BCUT2D eigenvalue weighted by Gasteiger charge is 2.38. The van der Waals surface area contributed by atoms with Crippen molar-refractivity contribution in [2.24, 2.45) is 5.92 Å². The van der Waals surface area contributed by atoms with Gasteiger partial charge in [0, 0.05) is 18.9 Å². The van der Waals surface area contributed by atoms with Crippen molar-refractivity contribution in [1.82, 2.24) is 4.90 Å². The fourth-order valence-corrected chi connectivity index (χ4v) is 1.78. The molecule has 12 heavy (non-hydrogen) atoms. The van der Waals surface area contributed by atoms with Gasteiger partial charge in [-0.1, -0.05) is 12.2 Å². The number of hydrogen-bond acceptors (Lipinski definition) is 2. The van der Waals surface area contributed by atoms with Crippen LogP contribution in [-0.2, 0) is 4.79 Å². The van der Waals surface area contributed by atoms with Gasteiger partial charge in [0.25, 0.3) is 0 Å². The second kappa shape index (κ2) is 2.33. The smallest absolute Gasteiger partial charge is 0.408 e. The molecule has 0 aromatic carbocycles. The number of nitrogens with zero attached hydrogens (tertiary/aromatic N) is 1. The summed E-state index contributed by atoms with van der Waals surface area (Å²) in [6, 6.07) is -0.507. The minimum absolute atomic E-state index is 0.0242. The number of piperidine rings is 1. The largest absolute Gasteiger partial charge is 0.465 e. The van der Waals surface area contributed by atoms with Crippen molar-refractivity contribution in [3.8, 4) is 0 Å². The lowest BCUT2D eigenvalue weighted by Gasteiger charge is -2.38. The first-order chi connectivity index (χ1) is 5.68. The van der Waals surface area contributed by atoms with Crippen molar-refractivity contribution in [2.75, 3.05) is 6.54 Å². The van der Waals surface area contributed by atoms with Gasteiger partial charge in [-0.05, 0) is 0 Å². The lowest BCUT2D eigenvalue weighted by molar-refractivity contribution is -0.126. The second-order valence-corrected chi connectivity index (χ2v) is 3.20. The number of carboxylic acid groups (broad SMARTS) is 1. The fraction of sp³-hybridized carbons (Fsp3) is 0.500. The van der Waals surface area contributed by atoms with Crippen LogP contribution in [0.1, 0.15) is 6.42 Å². The molecule has 64 valence electrons. The third kappa shape index (κ3) is 0.913. The number of amides is 1. The van der Waals surface area contributed by atoms with Crippen molar-refractivity contribution >= 4 is 11.9 Å². The van der Waals surface area contributed by atoms with Crippen LogP contribution in [0.25, 0.3) is 0 Å². The zero-order valence-corrected chi connectivity index (χ0v) is 6.43. The molecule has 1 N–H and O–H groups in total. The molecule has 2 unspecified atom stereocenters. The van der Waals surface area contributed by atoms with E-state index in [0.29, 0.717) is 13.0 Å². The maximum Gasteiger partial charge on any atom is 0.408 e. The number of ketones is 1. The first kappa shape index (κ1) is 7.34. The highest BCUT2D eigenvalue weighted by Crippen LogP contribution is 2.26. The first-order valence-electron chi connectivity index (χ1n) is 3.89. The Hall–Kier alpha value is -1.32. The quantitative estimate of drug-likeness (QED) is 0.534. The molecule has 0 aromatic heterocycles. The van der Waals surface area contributed by atoms with Crippen LogP contribution in [0.4, 0.5) is 4.79 Å². The van der Waals surface area contributed by atoms with Gasteiger partial charge in [-0.3, -0.25) is 9.69 Å². The van der Waals surface area contributed by atoms with Crippen molar-refractivity contribution in [2.45, 2.75) is 12.5 Å². The monoisotopic (exact) mass is 167 g/mol. The summed E-state index contributed by atoms with van der Waals surface area (Å²) < 4.78 is 0. The average Bonchev–Trinajstić information content (AvgIpc) is 2.04. The lowest BCUT2D eigenvalue weighted by atomic mass is 9.85. The van der Waals surface area contributed by atoms with E-state index in [4.69, 9.17) is 5.11 Å². The second-order valence-electron chi connectivity index (χ2n) is 3.20. The van der Waals surface area contributed by atoms with E-state index in [1.54, 1.807) is 6.08 Å². The molecule has 1 saturated heterocycles. The highest BCUT2D eigenvalue weighted by atomic mass is 16.4. The normalized spacial score (nSPS) is 32.7. The predicted octanol–water partition coefficient (Wildman–Crippen LogP) is 0.494. The summed E-state index contributed by atoms with van der Waals surface area (Å²) in [7, 11) is 0. The summed E-state index contributed by atoms with van der Waals surface area (Å²) in [5.74, 6) is 0.134. The van der Waals surface area contributed by atoms with Crippen LogP contribution in [0, 0.1) is 5.92 Å². The first-order valence-corrected chi connectivity index (χ1v) is 3.89. The predicted molar refractivity (Wildman–Crippen MR) is 40.8 cm³/mol. The van der Waals surface area contributed by atoms with E-state index in [0.717, 1.165) is 0 Å². The maximum absolute atomic E-state index is 11.2. The van der Waals surface area contributed by atoms with E-state index in [1.165, 1.54) is 4.90 Å². The zero-order valence-electron chi connectivity index (χ0n) is 6.43. The Kier molecular flexibility index (Phi) is 1.43. The van der Waals surface area contributed by atoms with E-state index in [-0.39, 0.29) is 11.7 Å². The summed E-state index contributed by atoms with van der Waals surface area (Å²) in [4.78, 5) is 23.0. The fourth-order valence-electron chi connectivity index (χ4n) is 1.78. The number of carbonyl (C=O) groups excluding carboxylic acids is 1. The summed E-state index contributed by atoms with van der Waals surface area (Å²) >= 11 is 0. The number of Topliss-reactive ketones (excluding diaryl/α,β-unsaturated/α-hetero) is 1. The van der Waals surface area contributed by atoms with Gasteiger partial charge in [-0.25, -0.2) is 4.79 Å². The molecule has 4 nitrogen and oxygen atoms in total. The molecule has 2 bridgehead atoms. The van der Waals surface area contributed by atoms with Crippen LogP contribution in [0.3, 0.4) is 0 Å². The summed E-state index contributed by atoms with van der Waals surface area (Å²) in [6.45, 7) is 0.474. The summed E-state index contributed by atoms with van der Waals surface area (Å²) in [6.07, 6.45) is 3.13. The van der Waals surface area contributed by atoms with Crippen LogP contribution in [0.5, 0.6) is 0 Å². The number of hydrogen-bond donors (Lipinski definition) is 1. The minimum atomic E-state index is -0.998. The van der Waals surface area contributed by atoms with Crippen LogP contribution >= 0.6 is 0 Å².